The van der Waals surface area contributed by atoms with Gasteiger partial charge in [-0.15, -0.1) is 0 Å². The topological polar surface area (TPSA) is 35.5 Å². The smallest absolute Gasteiger partial charge is 0.333 e. The summed E-state index contributed by atoms with van der Waals surface area (Å²) in [6, 6.07) is 0. The van der Waals surface area contributed by atoms with E-state index in [1.165, 1.54) is 0 Å². The summed E-state index contributed by atoms with van der Waals surface area (Å²) < 4.78 is 10.7. The van der Waals surface area contributed by atoms with Crippen molar-refractivity contribution in [1.82, 2.24) is 0 Å². The number of carbonyl (C=O) groups excluding carboxylic acids is 1. The molecular formula is C10H20NO3+. The third kappa shape index (κ3) is 5.72. The van der Waals surface area contributed by atoms with Crippen LogP contribution in [0.25, 0.3) is 0 Å². The van der Waals surface area contributed by atoms with Crippen LogP contribution in [0.1, 0.15) is 6.92 Å². The quantitative estimate of drug-likeness (QED) is 0.276. The number of ether oxygens (including phenoxy) is 2. The molecule has 14 heavy (non-hydrogen) atoms. The Morgan fingerprint density at radius 3 is 2.43 bits per heavy atom. The summed E-state index contributed by atoms with van der Waals surface area (Å²) >= 11 is 0. The van der Waals surface area contributed by atoms with Crippen LogP contribution in [0.2, 0.25) is 0 Å². The molecule has 0 saturated carbocycles. The summed E-state index contributed by atoms with van der Waals surface area (Å²) in [7, 11) is 5.68. The normalized spacial score (nSPS) is 11.1. The number of carbonyl (C=O) groups is 1. The third-order valence-electron chi connectivity index (χ3n) is 1.76. The van der Waals surface area contributed by atoms with Crippen LogP contribution in [0, 0.1) is 0 Å². The average Bonchev–Trinajstić information content (AvgIpc) is 2.03. The molecule has 0 aromatic rings. The molecule has 0 aliphatic rings. The van der Waals surface area contributed by atoms with E-state index in [2.05, 4.69) is 6.58 Å². The molecule has 0 fully saturated rings. The number of nitrogens with zero attached hydrogens (tertiary/aromatic N) is 1. The lowest BCUT2D eigenvalue weighted by atomic mass is 10.4. The first-order valence-corrected chi connectivity index (χ1v) is 4.52. The van der Waals surface area contributed by atoms with Crippen molar-refractivity contribution in [2.45, 2.75) is 6.92 Å². The Hall–Kier alpha value is -0.870. The minimum Gasteiger partial charge on any atom is -0.456 e. The molecule has 4 nitrogen and oxygen atoms in total. The highest BCUT2D eigenvalue weighted by molar-refractivity contribution is 5.86. The van der Waals surface area contributed by atoms with Crippen molar-refractivity contribution in [3.63, 3.8) is 0 Å². The van der Waals surface area contributed by atoms with Gasteiger partial charge in [-0.25, -0.2) is 4.79 Å². The summed E-state index contributed by atoms with van der Waals surface area (Å²) in [5, 5.41) is 0. The van der Waals surface area contributed by atoms with Gasteiger partial charge in [-0.3, -0.25) is 0 Å². The van der Waals surface area contributed by atoms with Gasteiger partial charge in [0.05, 0.1) is 14.1 Å². The third-order valence-corrected chi connectivity index (χ3v) is 1.76. The molecule has 0 radical (unpaired) electrons. The van der Waals surface area contributed by atoms with Crippen LogP contribution in [0.3, 0.4) is 0 Å². The van der Waals surface area contributed by atoms with E-state index in [0.717, 1.165) is 6.54 Å². The standard InChI is InChI=1S/C10H20NO3/c1-9(2)10(12)14-7-6-11(3,4)8-13-5/h1,6-8H2,2-5H3/q+1. The van der Waals surface area contributed by atoms with Crippen LogP contribution < -0.4 is 0 Å². The molecule has 0 rings (SSSR count). The molecule has 0 N–H and O–H groups in total. The van der Waals surface area contributed by atoms with Gasteiger partial charge in [-0.05, 0) is 6.92 Å². The number of methoxy groups -OCH3 is 1. The maximum absolute atomic E-state index is 11.0. The average molecular weight is 202 g/mol. The lowest BCUT2D eigenvalue weighted by Crippen LogP contribution is -2.43. The van der Waals surface area contributed by atoms with Crippen molar-refractivity contribution < 1.29 is 18.8 Å². The minimum atomic E-state index is -0.331. The van der Waals surface area contributed by atoms with E-state index in [4.69, 9.17) is 9.47 Å². The van der Waals surface area contributed by atoms with Crippen molar-refractivity contribution >= 4 is 5.97 Å². The van der Waals surface area contributed by atoms with Gasteiger partial charge in [-0.2, -0.15) is 0 Å². The Labute approximate surface area is 85.7 Å². The van der Waals surface area contributed by atoms with Gasteiger partial charge in [0.1, 0.15) is 13.2 Å². The van der Waals surface area contributed by atoms with E-state index < -0.39 is 0 Å². The Morgan fingerprint density at radius 1 is 1.43 bits per heavy atom. The summed E-state index contributed by atoms with van der Waals surface area (Å²) in [4.78, 5) is 11.0. The molecule has 0 saturated heterocycles. The van der Waals surface area contributed by atoms with Crippen LogP contribution in [0.15, 0.2) is 12.2 Å². The van der Waals surface area contributed by atoms with Gasteiger partial charge in [-0.1, -0.05) is 6.58 Å². The molecular weight excluding hydrogens is 182 g/mol. The van der Waals surface area contributed by atoms with Gasteiger partial charge in [0.15, 0.2) is 6.73 Å². The van der Waals surface area contributed by atoms with Crippen LogP contribution in [-0.2, 0) is 14.3 Å². The fourth-order valence-electron chi connectivity index (χ4n) is 0.923. The minimum absolute atomic E-state index is 0.331. The Bertz CT molecular complexity index is 211. The zero-order valence-corrected chi connectivity index (χ0v) is 9.50. The summed E-state index contributed by atoms with van der Waals surface area (Å²) in [5.74, 6) is -0.331. The van der Waals surface area contributed by atoms with Crippen molar-refractivity contribution in [2.24, 2.45) is 0 Å². The molecule has 0 aliphatic heterocycles. The lowest BCUT2D eigenvalue weighted by molar-refractivity contribution is -0.909. The van der Waals surface area contributed by atoms with Gasteiger partial charge in [0, 0.05) is 12.7 Å². The monoisotopic (exact) mass is 202 g/mol. The Kier molecular flexibility index (Phi) is 5.42. The second-order valence-electron chi connectivity index (χ2n) is 3.99. The van der Waals surface area contributed by atoms with Crippen molar-refractivity contribution in [2.75, 3.05) is 41.1 Å². The lowest BCUT2D eigenvalue weighted by Gasteiger charge is -2.28. The predicted octanol–water partition coefficient (Wildman–Crippen LogP) is 0.786. The van der Waals surface area contributed by atoms with Gasteiger partial charge in [0.2, 0.25) is 0 Å². The predicted molar refractivity (Wildman–Crippen MR) is 54.6 cm³/mol. The number of hydrogen-bond acceptors (Lipinski definition) is 3. The van der Waals surface area contributed by atoms with Crippen LogP contribution in [-0.4, -0.2) is 51.5 Å². The second kappa shape index (κ2) is 5.78. The first-order valence-electron chi connectivity index (χ1n) is 4.52. The molecule has 0 heterocycles. The summed E-state index contributed by atoms with van der Waals surface area (Å²) in [6.45, 7) is 6.86. The molecule has 0 unspecified atom stereocenters. The van der Waals surface area contributed by atoms with Gasteiger partial charge in [0.25, 0.3) is 0 Å². The zero-order chi connectivity index (χ0) is 11.2. The zero-order valence-electron chi connectivity index (χ0n) is 9.50. The Morgan fingerprint density at radius 2 is 2.00 bits per heavy atom. The Balaban J connectivity index is 3.73. The van der Waals surface area contributed by atoms with E-state index in [0.29, 0.717) is 23.4 Å². The molecule has 0 aromatic carbocycles. The highest BCUT2D eigenvalue weighted by Crippen LogP contribution is 1.98. The number of rotatable bonds is 6. The molecule has 4 heteroatoms. The molecule has 82 valence electrons. The maximum atomic E-state index is 11.0. The molecule has 0 amide bonds. The second-order valence-corrected chi connectivity index (χ2v) is 3.99. The van der Waals surface area contributed by atoms with E-state index in [-0.39, 0.29) is 5.97 Å². The van der Waals surface area contributed by atoms with Gasteiger partial charge >= 0.3 is 5.97 Å². The van der Waals surface area contributed by atoms with E-state index in [1.807, 2.05) is 14.1 Å². The number of hydrogen-bond donors (Lipinski definition) is 0. The molecule has 0 bridgehead atoms. The molecule has 0 spiro atoms. The van der Waals surface area contributed by atoms with E-state index in [9.17, 15) is 4.79 Å². The summed E-state index contributed by atoms with van der Waals surface area (Å²) in [5.41, 5.74) is 0.432. The van der Waals surface area contributed by atoms with Crippen LogP contribution in [0.4, 0.5) is 0 Å². The fourth-order valence-corrected chi connectivity index (χ4v) is 0.923. The molecule has 0 aliphatic carbocycles. The highest BCUT2D eigenvalue weighted by atomic mass is 16.5. The number of quaternary nitrogens is 1. The van der Waals surface area contributed by atoms with E-state index >= 15 is 0 Å². The van der Waals surface area contributed by atoms with Gasteiger partial charge < -0.3 is 14.0 Å². The van der Waals surface area contributed by atoms with E-state index in [1.54, 1.807) is 14.0 Å². The highest BCUT2D eigenvalue weighted by Gasteiger charge is 2.15. The first kappa shape index (κ1) is 13.1. The maximum Gasteiger partial charge on any atom is 0.333 e. The van der Waals surface area contributed by atoms with Crippen molar-refractivity contribution in [3.05, 3.63) is 12.2 Å². The first-order chi connectivity index (χ1) is 6.39. The van der Waals surface area contributed by atoms with Crippen molar-refractivity contribution in [3.8, 4) is 0 Å². The summed E-state index contributed by atoms with van der Waals surface area (Å²) in [6.07, 6.45) is 0. The SMILES string of the molecule is C=C(C)C(=O)OCC[N+](C)(C)COC. The number of likely N-dealkylation sites (N-methyl/N-ethyl adjacent to an activating group) is 1. The largest absolute Gasteiger partial charge is 0.456 e. The van der Waals surface area contributed by atoms with Crippen LogP contribution in [0.5, 0.6) is 0 Å². The molecule has 0 atom stereocenters. The van der Waals surface area contributed by atoms with Crippen LogP contribution >= 0.6 is 0 Å². The fraction of sp³-hybridized carbons (Fsp3) is 0.700. The van der Waals surface area contributed by atoms with Crippen molar-refractivity contribution in [1.29, 1.82) is 0 Å². The molecule has 0 aromatic heterocycles. The number of esters is 1.